The maximum atomic E-state index is 12.9. The van der Waals surface area contributed by atoms with Crippen LogP contribution in [0.2, 0.25) is 0 Å². The number of carboxylic acids is 1. The van der Waals surface area contributed by atoms with Gasteiger partial charge in [-0.25, -0.2) is 0 Å². The van der Waals surface area contributed by atoms with Crippen molar-refractivity contribution in [2.75, 3.05) is 47.5 Å². The van der Waals surface area contributed by atoms with Crippen LogP contribution in [-0.4, -0.2) is 82.3 Å². The van der Waals surface area contributed by atoms with Crippen molar-refractivity contribution >= 4 is 17.9 Å². The van der Waals surface area contributed by atoms with Gasteiger partial charge in [0, 0.05) is 12.8 Å². The highest BCUT2D eigenvalue weighted by molar-refractivity contribution is 5.70. The summed E-state index contributed by atoms with van der Waals surface area (Å²) >= 11 is 0. The van der Waals surface area contributed by atoms with Gasteiger partial charge in [-0.15, -0.1) is 0 Å². The van der Waals surface area contributed by atoms with Crippen LogP contribution in [0.15, 0.2) is 158 Å². The predicted molar refractivity (Wildman–Crippen MR) is 379 cm³/mol. The number of carbonyl (C=O) groups is 3. The lowest BCUT2D eigenvalue weighted by Crippen LogP contribution is -2.44. The minimum Gasteiger partial charge on any atom is -0.545 e. The Morgan fingerprint density at radius 2 is 0.640 bits per heavy atom. The van der Waals surface area contributed by atoms with Crippen molar-refractivity contribution in [2.45, 2.75) is 283 Å². The topological polar surface area (TPSA) is 111 Å². The van der Waals surface area contributed by atoms with Gasteiger partial charge in [-0.1, -0.05) is 287 Å². The molecule has 0 aliphatic carbocycles. The van der Waals surface area contributed by atoms with Gasteiger partial charge < -0.3 is 33.3 Å². The average molecular weight is 1230 g/mol. The molecule has 2 unspecified atom stereocenters. The van der Waals surface area contributed by atoms with Crippen LogP contribution in [0.25, 0.3) is 0 Å². The number of quaternary nitrogens is 1. The van der Waals surface area contributed by atoms with Crippen molar-refractivity contribution in [3.05, 3.63) is 158 Å². The minimum atomic E-state index is -1.64. The van der Waals surface area contributed by atoms with Gasteiger partial charge in [0.1, 0.15) is 13.2 Å². The van der Waals surface area contributed by atoms with Crippen molar-refractivity contribution < 1.29 is 42.9 Å². The molecule has 0 amide bonds. The molecule has 9 heteroatoms. The van der Waals surface area contributed by atoms with Crippen LogP contribution >= 0.6 is 0 Å². The zero-order valence-corrected chi connectivity index (χ0v) is 57.5. The molecule has 0 aliphatic rings. The molecule has 9 nitrogen and oxygen atoms in total. The van der Waals surface area contributed by atoms with E-state index in [0.717, 1.165) is 128 Å². The summed E-state index contributed by atoms with van der Waals surface area (Å²) in [4.78, 5) is 37.5. The summed E-state index contributed by atoms with van der Waals surface area (Å²) in [5, 5.41) is 11.8. The van der Waals surface area contributed by atoms with E-state index in [9.17, 15) is 19.5 Å². The molecule has 0 aromatic carbocycles. The first-order chi connectivity index (χ1) is 43.6. The Morgan fingerprint density at radius 1 is 0.348 bits per heavy atom. The first kappa shape index (κ1) is 83.9. The summed E-state index contributed by atoms with van der Waals surface area (Å²) in [7, 11) is 5.91. The lowest BCUT2D eigenvalue weighted by atomic mass is 10.0. The van der Waals surface area contributed by atoms with E-state index in [1.165, 1.54) is 109 Å². The normalized spacial score (nSPS) is 13.7. The summed E-state index contributed by atoms with van der Waals surface area (Å²) < 4.78 is 22.8. The highest BCUT2D eigenvalue weighted by Gasteiger charge is 2.22. The second kappa shape index (κ2) is 68.8. The summed E-state index contributed by atoms with van der Waals surface area (Å²) in [5.41, 5.74) is 0. The Morgan fingerprint density at radius 3 is 0.955 bits per heavy atom. The van der Waals surface area contributed by atoms with Gasteiger partial charge in [0.25, 0.3) is 0 Å². The third kappa shape index (κ3) is 70.2. The van der Waals surface area contributed by atoms with E-state index in [1.807, 2.05) is 21.1 Å². The molecule has 0 radical (unpaired) electrons. The standard InChI is InChI=1S/C80H131NO8/c1-6-8-10-12-14-16-18-20-22-24-26-28-30-32-33-34-35-36-37-38-39-40-41-42-43-44-45-47-49-51-53-55-57-59-61-63-65-67-69-71-78(83)89-76(75-88-80(79(84)85)86-73-72-81(3,4)5)74-87-77(82)70-68-66-64-62-60-58-56-54-52-50-48-46-31-29-27-25-23-21-19-17-15-13-11-9-7-2/h8,10,14,16,19-22,25-28,32-33,35-36,38-39,41-42,44-45,49,51,55,57,76,80H,6-7,9,11-13,15,17-18,23-24,29-31,34,37,40,43,46-48,50,52-54,56,58-75H2,1-5H3/b10-8-,16-14-,21-19-,22-20-,27-25-,28-26-,33-32-,36-35-,39-38-,42-41-,45-44-,51-49-,57-55-. The first-order valence-electron chi connectivity index (χ1n) is 35.6. The number of likely N-dealkylation sites (N-methyl/N-ethyl adjacent to an activating group) is 1. The second-order valence-electron chi connectivity index (χ2n) is 24.4. The summed E-state index contributed by atoms with van der Waals surface area (Å²) in [6.45, 7) is 4.60. The molecule has 0 aromatic heterocycles. The van der Waals surface area contributed by atoms with E-state index in [4.69, 9.17) is 18.9 Å². The number of allylic oxidation sites excluding steroid dienone is 26. The molecule has 504 valence electrons. The Bertz CT molecular complexity index is 2020. The molecular formula is C80H131NO8. The third-order valence-corrected chi connectivity index (χ3v) is 14.8. The fourth-order valence-electron chi connectivity index (χ4n) is 9.34. The fraction of sp³-hybridized carbons (Fsp3) is 0.637. The van der Waals surface area contributed by atoms with E-state index in [1.54, 1.807) is 0 Å². The maximum Gasteiger partial charge on any atom is 0.306 e. The van der Waals surface area contributed by atoms with Gasteiger partial charge >= 0.3 is 11.9 Å². The number of hydrogen-bond donors (Lipinski definition) is 0. The molecule has 0 heterocycles. The van der Waals surface area contributed by atoms with Gasteiger partial charge in [0.05, 0.1) is 40.3 Å². The monoisotopic (exact) mass is 1230 g/mol. The number of aliphatic carboxylic acids is 1. The number of esters is 2. The molecule has 0 aliphatic heterocycles. The molecule has 0 saturated heterocycles. The van der Waals surface area contributed by atoms with Crippen molar-refractivity contribution in [1.29, 1.82) is 0 Å². The molecule has 0 aromatic rings. The van der Waals surface area contributed by atoms with Gasteiger partial charge in [-0.2, -0.15) is 0 Å². The van der Waals surface area contributed by atoms with Crippen molar-refractivity contribution in [3.8, 4) is 0 Å². The summed E-state index contributed by atoms with van der Waals surface area (Å²) in [6, 6.07) is 0. The largest absolute Gasteiger partial charge is 0.545 e. The molecular weight excluding hydrogens is 1100 g/mol. The van der Waals surface area contributed by atoms with E-state index >= 15 is 0 Å². The van der Waals surface area contributed by atoms with Crippen LogP contribution < -0.4 is 5.11 Å². The fourth-order valence-corrected chi connectivity index (χ4v) is 9.34. The van der Waals surface area contributed by atoms with Crippen LogP contribution in [0, 0.1) is 0 Å². The molecule has 0 bridgehead atoms. The molecule has 0 saturated carbocycles. The first-order valence-corrected chi connectivity index (χ1v) is 35.6. The predicted octanol–water partition coefficient (Wildman–Crippen LogP) is 21.1. The van der Waals surface area contributed by atoms with Crippen molar-refractivity contribution in [1.82, 2.24) is 0 Å². The number of ether oxygens (including phenoxy) is 4. The molecule has 0 spiro atoms. The SMILES string of the molecule is CC/C=C\C/C=C\C/C=C\C/C=C\C/C=C\C/C=C\C/C=C\C/C=C\C/C=C\C/C=C\C/C=C\CCCCCCCC(=O)OC(COC(=O)CCCCCCCCCCCCCCC/C=C\C/C=C\CCCCCCC)COC(OCC[N+](C)(C)C)C(=O)[O-]. The molecule has 2 atom stereocenters. The number of carbonyl (C=O) groups excluding carboxylic acids is 3. The van der Waals surface area contributed by atoms with Gasteiger partial charge in [-0.3, -0.25) is 9.59 Å². The van der Waals surface area contributed by atoms with Crippen LogP contribution in [0.3, 0.4) is 0 Å². The third-order valence-electron chi connectivity index (χ3n) is 14.8. The van der Waals surface area contributed by atoms with Crippen molar-refractivity contribution in [2.24, 2.45) is 0 Å². The van der Waals surface area contributed by atoms with E-state index in [0.29, 0.717) is 17.4 Å². The smallest absolute Gasteiger partial charge is 0.306 e. The zero-order valence-electron chi connectivity index (χ0n) is 57.5. The summed E-state index contributed by atoms with van der Waals surface area (Å²) in [5.74, 6) is -2.32. The van der Waals surface area contributed by atoms with Gasteiger partial charge in [0.15, 0.2) is 12.4 Å². The summed E-state index contributed by atoms with van der Waals surface area (Å²) in [6.07, 6.45) is 98.9. The maximum absolute atomic E-state index is 12.9. The Balaban J connectivity index is 4.22. The van der Waals surface area contributed by atoms with Gasteiger partial charge in [-0.05, 0) is 128 Å². The van der Waals surface area contributed by atoms with Crippen LogP contribution in [0.5, 0.6) is 0 Å². The highest BCUT2D eigenvalue weighted by atomic mass is 16.7. The van der Waals surface area contributed by atoms with Crippen LogP contribution in [0.1, 0.15) is 271 Å². The number of hydrogen-bond acceptors (Lipinski definition) is 8. The number of nitrogens with zero attached hydrogens (tertiary/aromatic N) is 1. The molecule has 0 rings (SSSR count). The minimum absolute atomic E-state index is 0.136. The van der Waals surface area contributed by atoms with E-state index in [-0.39, 0.29) is 38.6 Å². The zero-order chi connectivity index (χ0) is 64.7. The van der Waals surface area contributed by atoms with Crippen LogP contribution in [0.4, 0.5) is 0 Å². The average Bonchev–Trinajstić information content (AvgIpc) is 3.64. The highest BCUT2D eigenvalue weighted by Crippen LogP contribution is 2.16. The van der Waals surface area contributed by atoms with Crippen LogP contribution in [-0.2, 0) is 33.3 Å². The van der Waals surface area contributed by atoms with Gasteiger partial charge in [0.2, 0.25) is 0 Å². The molecule has 89 heavy (non-hydrogen) atoms. The molecule has 0 fully saturated rings. The lowest BCUT2D eigenvalue weighted by molar-refractivity contribution is -0.870. The molecule has 0 N–H and O–H groups in total. The number of rotatable bonds is 64. The Hall–Kier alpha value is -5.09. The lowest BCUT2D eigenvalue weighted by Gasteiger charge is -2.26. The number of unbranched alkanes of at least 4 members (excludes halogenated alkanes) is 23. The van der Waals surface area contributed by atoms with E-state index < -0.39 is 24.3 Å². The number of carboxylic acid groups (broad SMARTS) is 1. The van der Waals surface area contributed by atoms with Crippen molar-refractivity contribution in [3.63, 3.8) is 0 Å². The second-order valence-corrected chi connectivity index (χ2v) is 24.4. The Kier molecular flexibility index (Phi) is 64.9. The quantitative estimate of drug-likeness (QED) is 0.0195. The Labute approximate surface area is 546 Å². The van der Waals surface area contributed by atoms with E-state index in [2.05, 4.69) is 172 Å².